The summed E-state index contributed by atoms with van der Waals surface area (Å²) in [5.41, 5.74) is 0.137. The van der Waals surface area contributed by atoms with Crippen molar-refractivity contribution in [3.8, 4) is 17.2 Å². The van der Waals surface area contributed by atoms with E-state index in [1.54, 1.807) is 6.07 Å². The molecule has 6 heteroatoms. The summed E-state index contributed by atoms with van der Waals surface area (Å²) < 4.78 is 11.1. The zero-order valence-corrected chi connectivity index (χ0v) is 13.9. The molecule has 0 aliphatic carbocycles. The highest BCUT2D eigenvalue weighted by Gasteiger charge is 2.21. The van der Waals surface area contributed by atoms with Gasteiger partial charge in [0.2, 0.25) is 5.43 Å². The molecule has 0 fully saturated rings. The van der Waals surface area contributed by atoms with Gasteiger partial charge in [0, 0.05) is 23.1 Å². The molecule has 4 aromatic rings. The van der Waals surface area contributed by atoms with Gasteiger partial charge in [-0.15, -0.1) is 0 Å². The van der Waals surface area contributed by atoms with Crippen LogP contribution in [0.5, 0.6) is 17.2 Å². The van der Waals surface area contributed by atoms with E-state index in [2.05, 4.69) is 0 Å². The van der Waals surface area contributed by atoms with Gasteiger partial charge in [-0.3, -0.25) is 4.79 Å². The monoisotopic (exact) mass is 352 g/mol. The zero-order chi connectivity index (χ0) is 18.4. The van der Waals surface area contributed by atoms with Crippen LogP contribution >= 0.6 is 0 Å². The lowest BCUT2D eigenvalue weighted by atomic mass is 10.0. The van der Waals surface area contributed by atoms with Crippen molar-refractivity contribution in [2.75, 3.05) is 0 Å². The highest BCUT2D eigenvalue weighted by Crippen LogP contribution is 2.38. The Morgan fingerprint density at radius 2 is 1.77 bits per heavy atom. The lowest BCUT2D eigenvalue weighted by Gasteiger charge is -2.08. The Hall–Kier alpha value is -3.41. The van der Waals surface area contributed by atoms with Crippen molar-refractivity contribution >= 4 is 33.1 Å². The van der Waals surface area contributed by atoms with Gasteiger partial charge in [-0.1, -0.05) is 19.1 Å². The molecule has 2 aromatic carbocycles. The molecular formula is C20H16O6. The maximum absolute atomic E-state index is 13.0. The number of furan rings is 1. The van der Waals surface area contributed by atoms with Crippen LogP contribution in [0, 0.1) is 0 Å². The molecule has 0 bridgehead atoms. The first-order valence-corrected chi connectivity index (χ1v) is 8.22. The summed E-state index contributed by atoms with van der Waals surface area (Å²) >= 11 is 0. The predicted molar refractivity (Wildman–Crippen MR) is 97.9 cm³/mol. The van der Waals surface area contributed by atoms with Crippen LogP contribution in [0.1, 0.15) is 18.9 Å². The Labute approximate surface area is 147 Å². The number of benzene rings is 2. The minimum Gasteiger partial charge on any atom is -0.508 e. The number of allylic oxidation sites excluding steroid dienone is 2. The van der Waals surface area contributed by atoms with Crippen LogP contribution in [0.25, 0.3) is 33.1 Å². The fourth-order valence-corrected chi connectivity index (χ4v) is 3.12. The third-order valence-corrected chi connectivity index (χ3v) is 4.37. The molecule has 2 heterocycles. The first-order chi connectivity index (χ1) is 12.5. The number of phenolic OH excluding ortho intramolecular Hbond substituents is 3. The third-order valence-electron chi connectivity index (χ3n) is 4.37. The van der Waals surface area contributed by atoms with Gasteiger partial charge in [-0.2, -0.15) is 0 Å². The molecule has 0 aliphatic heterocycles. The molecule has 26 heavy (non-hydrogen) atoms. The minimum absolute atomic E-state index is 0.000880. The number of aromatic hydroxyl groups is 3. The van der Waals surface area contributed by atoms with Crippen molar-refractivity contribution in [3.05, 3.63) is 52.2 Å². The van der Waals surface area contributed by atoms with E-state index < -0.39 is 5.43 Å². The normalized spacial score (nSPS) is 12.0. The molecule has 4 rings (SSSR count). The number of hydrogen-bond acceptors (Lipinski definition) is 6. The van der Waals surface area contributed by atoms with Crippen LogP contribution in [-0.2, 0) is 6.42 Å². The van der Waals surface area contributed by atoms with E-state index in [0.717, 1.165) is 6.42 Å². The van der Waals surface area contributed by atoms with Gasteiger partial charge in [0.25, 0.3) is 0 Å². The summed E-state index contributed by atoms with van der Waals surface area (Å²) in [7, 11) is 0. The van der Waals surface area contributed by atoms with Crippen LogP contribution < -0.4 is 5.43 Å². The van der Waals surface area contributed by atoms with Crippen LogP contribution in [0.4, 0.5) is 0 Å². The fraction of sp³-hybridized carbons (Fsp3) is 0.150. The standard InChI is InChI=1S/C20H16O6/c1-2-3-4-5-11-13(22)9-15-17(18(11)23)19(24)16-12-7-6-10(21)8-14(12)25-20(16)26-15/h3-4,6-9,21-23H,2,5H2,1H3. The van der Waals surface area contributed by atoms with Crippen LogP contribution in [-0.4, -0.2) is 15.3 Å². The van der Waals surface area contributed by atoms with Gasteiger partial charge in [0.05, 0.1) is 0 Å². The Kier molecular flexibility index (Phi) is 3.61. The molecule has 132 valence electrons. The molecule has 2 aromatic heterocycles. The van der Waals surface area contributed by atoms with Gasteiger partial charge in [0.1, 0.15) is 39.2 Å². The van der Waals surface area contributed by atoms with E-state index in [1.165, 1.54) is 18.2 Å². The van der Waals surface area contributed by atoms with E-state index in [1.807, 2.05) is 19.1 Å². The van der Waals surface area contributed by atoms with Crippen LogP contribution in [0.2, 0.25) is 0 Å². The Morgan fingerprint density at radius 3 is 2.54 bits per heavy atom. The van der Waals surface area contributed by atoms with E-state index >= 15 is 0 Å². The molecule has 3 N–H and O–H groups in total. The smallest absolute Gasteiger partial charge is 0.302 e. The summed E-state index contributed by atoms with van der Waals surface area (Å²) in [6, 6.07) is 5.68. The molecular weight excluding hydrogens is 336 g/mol. The highest BCUT2D eigenvalue weighted by atomic mass is 16.5. The third kappa shape index (κ3) is 2.30. The maximum Gasteiger partial charge on any atom is 0.302 e. The average Bonchev–Trinajstić information content (AvgIpc) is 2.94. The molecule has 0 unspecified atom stereocenters. The number of rotatable bonds is 3. The summed E-state index contributed by atoms with van der Waals surface area (Å²) in [6.45, 7) is 1.98. The van der Waals surface area contributed by atoms with Crippen molar-refractivity contribution in [1.82, 2.24) is 0 Å². The van der Waals surface area contributed by atoms with Crippen molar-refractivity contribution in [2.45, 2.75) is 19.8 Å². The van der Waals surface area contributed by atoms with Gasteiger partial charge >= 0.3 is 5.78 Å². The predicted octanol–water partition coefficient (Wildman–Crippen LogP) is 4.32. The first-order valence-electron chi connectivity index (χ1n) is 8.22. The van der Waals surface area contributed by atoms with E-state index in [9.17, 15) is 20.1 Å². The molecule has 0 radical (unpaired) electrons. The van der Waals surface area contributed by atoms with Crippen molar-refractivity contribution in [1.29, 1.82) is 0 Å². The largest absolute Gasteiger partial charge is 0.508 e. The van der Waals surface area contributed by atoms with Gasteiger partial charge in [0.15, 0.2) is 0 Å². The minimum atomic E-state index is -0.455. The summed E-state index contributed by atoms with van der Waals surface area (Å²) in [5.74, 6) is -0.490. The highest BCUT2D eigenvalue weighted by molar-refractivity contribution is 6.07. The Balaban J connectivity index is 2.09. The SMILES string of the molecule is CCC=CCc1c(O)cc2oc3oc4cc(O)ccc4c3c(=O)c2c1O. The Morgan fingerprint density at radius 1 is 1.00 bits per heavy atom. The van der Waals surface area contributed by atoms with Gasteiger partial charge < -0.3 is 24.2 Å². The second-order valence-corrected chi connectivity index (χ2v) is 6.06. The molecule has 0 spiro atoms. The second-order valence-electron chi connectivity index (χ2n) is 6.06. The van der Waals surface area contributed by atoms with Gasteiger partial charge in [-0.25, -0.2) is 0 Å². The summed E-state index contributed by atoms with van der Waals surface area (Å²) in [4.78, 5) is 13.0. The number of phenols is 3. The molecule has 0 saturated heterocycles. The van der Waals surface area contributed by atoms with Crippen molar-refractivity contribution in [2.24, 2.45) is 0 Å². The number of hydrogen-bond donors (Lipinski definition) is 3. The zero-order valence-electron chi connectivity index (χ0n) is 13.9. The second kappa shape index (κ2) is 5.84. The molecule has 0 aliphatic rings. The average molecular weight is 352 g/mol. The van der Waals surface area contributed by atoms with Crippen LogP contribution in [0.3, 0.4) is 0 Å². The van der Waals surface area contributed by atoms with Crippen LogP contribution in [0.15, 0.2) is 50.0 Å². The lowest BCUT2D eigenvalue weighted by Crippen LogP contribution is -2.03. The lowest BCUT2D eigenvalue weighted by molar-refractivity contribution is 0.442. The van der Waals surface area contributed by atoms with Crippen molar-refractivity contribution in [3.63, 3.8) is 0 Å². The fourth-order valence-electron chi connectivity index (χ4n) is 3.12. The molecule has 0 saturated carbocycles. The van der Waals surface area contributed by atoms with Gasteiger partial charge in [-0.05, 0) is 25.0 Å². The van der Waals surface area contributed by atoms with E-state index in [0.29, 0.717) is 17.4 Å². The van der Waals surface area contributed by atoms with E-state index in [-0.39, 0.29) is 44.9 Å². The molecule has 0 amide bonds. The van der Waals surface area contributed by atoms with Crippen molar-refractivity contribution < 1.29 is 24.2 Å². The Bertz CT molecular complexity index is 1240. The topological polar surface area (TPSA) is 104 Å². The molecule has 6 nitrogen and oxygen atoms in total. The number of fused-ring (bicyclic) bond motifs is 4. The van der Waals surface area contributed by atoms with E-state index in [4.69, 9.17) is 8.83 Å². The summed E-state index contributed by atoms with van der Waals surface area (Å²) in [6.07, 6.45) is 4.84. The quantitative estimate of drug-likeness (QED) is 0.474. The maximum atomic E-state index is 13.0. The molecule has 0 atom stereocenters. The summed E-state index contributed by atoms with van der Waals surface area (Å²) in [5, 5.41) is 31.0. The first kappa shape index (κ1) is 16.1.